The monoisotopic (exact) mass is 340 g/mol. The summed E-state index contributed by atoms with van der Waals surface area (Å²) >= 11 is 0. The number of nitrogens with zero attached hydrogens (tertiary/aromatic N) is 3. The number of benzene rings is 1. The summed E-state index contributed by atoms with van der Waals surface area (Å²) in [4.78, 5) is 23.6. The van der Waals surface area contributed by atoms with Gasteiger partial charge in [0, 0.05) is 38.6 Å². The van der Waals surface area contributed by atoms with Gasteiger partial charge in [-0.05, 0) is 37.8 Å². The first-order valence-electron chi connectivity index (χ1n) is 8.67. The maximum atomic E-state index is 13.0. The van der Waals surface area contributed by atoms with Crippen LogP contribution in [0.5, 0.6) is 0 Å². The van der Waals surface area contributed by atoms with E-state index in [0.717, 1.165) is 38.0 Å². The van der Waals surface area contributed by atoms with E-state index in [0.29, 0.717) is 23.9 Å². The van der Waals surface area contributed by atoms with Crippen LogP contribution in [-0.4, -0.2) is 42.7 Å². The number of hydrogen-bond donors (Lipinski definition) is 1. The minimum atomic E-state index is -0.0717. The molecule has 0 radical (unpaired) electrons. The average molecular weight is 340 g/mol. The van der Waals surface area contributed by atoms with E-state index in [1.165, 1.54) is 5.56 Å². The highest BCUT2D eigenvalue weighted by molar-refractivity contribution is 6.05. The quantitative estimate of drug-likeness (QED) is 0.819. The molecule has 1 N–H and O–H groups in total. The third-order valence-corrected chi connectivity index (χ3v) is 4.24. The molecule has 3 rings (SSSR count). The summed E-state index contributed by atoms with van der Waals surface area (Å²) in [6.45, 7) is 3.95. The van der Waals surface area contributed by atoms with Gasteiger partial charge in [0.05, 0.1) is 0 Å². The molecule has 1 aliphatic rings. The molecule has 132 valence electrons. The molecule has 0 saturated heterocycles. The first-order valence-corrected chi connectivity index (χ1v) is 8.67. The molecule has 0 atom stereocenters. The van der Waals surface area contributed by atoms with Crippen molar-refractivity contribution in [2.45, 2.75) is 26.2 Å². The Labute approximate surface area is 148 Å². The Morgan fingerprint density at radius 3 is 3.00 bits per heavy atom. The smallest absolute Gasteiger partial charge is 0.277 e. The lowest BCUT2D eigenvalue weighted by Gasteiger charge is -2.29. The zero-order chi connectivity index (χ0) is 17.6. The maximum Gasteiger partial charge on any atom is 0.277 e. The molecular weight excluding hydrogens is 316 g/mol. The molecule has 0 fully saturated rings. The highest BCUT2D eigenvalue weighted by atomic mass is 16.5. The number of amides is 1. The molecule has 1 aromatic heterocycles. The van der Waals surface area contributed by atoms with Crippen LogP contribution in [0.25, 0.3) is 0 Å². The van der Waals surface area contributed by atoms with E-state index in [9.17, 15) is 4.79 Å². The van der Waals surface area contributed by atoms with Crippen molar-refractivity contribution in [3.05, 3.63) is 47.4 Å². The number of fused-ring (bicyclic) bond motifs is 1. The van der Waals surface area contributed by atoms with Crippen molar-refractivity contribution in [2.75, 3.05) is 37.0 Å². The summed E-state index contributed by atoms with van der Waals surface area (Å²) in [6, 6.07) is 9.81. The SMILES string of the molecule is COCCCNc1cc(C(=O)N2CCCc3ccccc32)nc(C)n1. The highest BCUT2D eigenvalue weighted by Crippen LogP contribution is 2.28. The number of anilines is 2. The van der Waals surface area contributed by atoms with Crippen LogP contribution in [0.4, 0.5) is 11.5 Å². The van der Waals surface area contributed by atoms with Crippen molar-refractivity contribution in [1.29, 1.82) is 0 Å². The number of aryl methyl sites for hydroxylation is 2. The number of aromatic nitrogens is 2. The van der Waals surface area contributed by atoms with E-state index in [1.54, 1.807) is 20.1 Å². The third-order valence-electron chi connectivity index (χ3n) is 4.24. The summed E-state index contributed by atoms with van der Waals surface area (Å²) in [5.41, 5.74) is 2.63. The molecule has 1 aliphatic heterocycles. The summed E-state index contributed by atoms with van der Waals surface area (Å²) in [5, 5.41) is 3.24. The van der Waals surface area contributed by atoms with Crippen molar-refractivity contribution in [3.63, 3.8) is 0 Å². The third kappa shape index (κ3) is 4.14. The van der Waals surface area contributed by atoms with Crippen LogP contribution in [0.2, 0.25) is 0 Å². The maximum absolute atomic E-state index is 13.0. The van der Waals surface area contributed by atoms with Gasteiger partial charge in [-0.1, -0.05) is 18.2 Å². The largest absolute Gasteiger partial charge is 0.385 e. The first kappa shape index (κ1) is 17.4. The zero-order valence-corrected chi connectivity index (χ0v) is 14.8. The topological polar surface area (TPSA) is 67.3 Å². The molecule has 1 aromatic carbocycles. The average Bonchev–Trinajstić information content (AvgIpc) is 2.64. The van der Waals surface area contributed by atoms with E-state index in [2.05, 4.69) is 21.4 Å². The van der Waals surface area contributed by atoms with Gasteiger partial charge in [-0.2, -0.15) is 0 Å². The van der Waals surface area contributed by atoms with Crippen LogP contribution < -0.4 is 10.2 Å². The van der Waals surface area contributed by atoms with E-state index >= 15 is 0 Å². The molecule has 0 saturated carbocycles. The van der Waals surface area contributed by atoms with Gasteiger partial charge in [0.1, 0.15) is 17.3 Å². The molecule has 0 unspecified atom stereocenters. The number of rotatable bonds is 6. The number of hydrogen-bond acceptors (Lipinski definition) is 5. The van der Waals surface area contributed by atoms with E-state index in [-0.39, 0.29) is 5.91 Å². The fourth-order valence-corrected chi connectivity index (χ4v) is 3.08. The summed E-state index contributed by atoms with van der Waals surface area (Å²) in [5.74, 6) is 1.19. The number of ether oxygens (including phenoxy) is 1. The Bertz CT molecular complexity index is 748. The van der Waals surface area contributed by atoms with Gasteiger partial charge in [0.25, 0.3) is 5.91 Å². The molecule has 1 amide bonds. The van der Waals surface area contributed by atoms with Gasteiger partial charge in [-0.25, -0.2) is 9.97 Å². The standard InChI is InChI=1S/C19H24N4O2/c1-14-21-16(13-18(22-14)20-10-6-12-25-2)19(24)23-11-5-8-15-7-3-4-9-17(15)23/h3-4,7,9,13H,5-6,8,10-12H2,1-2H3,(H,20,21,22). The summed E-state index contributed by atoms with van der Waals surface area (Å²) in [7, 11) is 1.68. The second kappa shape index (κ2) is 8.07. The van der Waals surface area contributed by atoms with Crippen LogP contribution in [0.15, 0.2) is 30.3 Å². The van der Waals surface area contributed by atoms with Crippen molar-refractivity contribution < 1.29 is 9.53 Å². The van der Waals surface area contributed by atoms with Gasteiger partial charge in [0.2, 0.25) is 0 Å². The molecular formula is C19H24N4O2. The van der Waals surface area contributed by atoms with Gasteiger partial charge in [0.15, 0.2) is 0 Å². The lowest BCUT2D eigenvalue weighted by molar-refractivity contribution is 0.0980. The van der Waals surface area contributed by atoms with Gasteiger partial charge in [-0.3, -0.25) is 4.79 Å². The molecule has 25 heavy (non-hydrogen) atoms. The number of carbonyl (C=O) groups excluding carboxylic acids is 1. The van der Waals surface area contributed by atoms with Gasteiger partial charge in [-0.15, -0.1) is 0 Å². The Kier molecular flexibility index (Phi) is 5.60. The second-order valence-corrected chi connectivity index (χ2v) is 6.15. The predicted octanol–water partition coefficient (Wildman–Crippen LogP) is 2.83. The molecule has 0 aliphatic carbocycles. The van der Waals surface area contributed by atoms with Gasteiger partial charge >= 0.3 is 0 Å². The summed E-state index contributed by atoms with van der Waals surface area (Å²) in [6.07, 6.45) is 2.85. The van der Waals surface area contributed by atoms with Crippen LogP contribution >= 0.6 is 0 Å². The Morgan fingerprint density at radius 2 is 2.16 bits per heavy atom. The van der Waals surface area contributed by atoms with E-state index in [1.807, 2.05) is 23.1 Å². The molecule has 6 heteroatoms. The van der Waals surface area contributed by atoms with Gasteiger partial charge < -0.3 is 15.0 Å². The number of para-hydroxylation sites is 1. The zero-order valence-electron chi connectivity index (χ0n) is 14.8. The van der Waals surface area contributed by atoms with Crippen molar-refractivity contribution in [1.82, 2.24) is 9.97 Å². The highest BCUT2D eigenvalue weighted by Gasteiger charge is 2.24. The molecule has 2 aromatic rings. The first-order chi connectivity index (χ1) is 12.2. The molecule has 6 nitrogen and oxygen atoms in total. The van der Waals surface area contributed by atoms with Crippen molar-refractivity contribution >= 4 is 17.4 Å². The summed E-state index contributed by atoms with van der Waals surface area (Å²) < 4.78 is 5.04. The lowest BCUT2D eigenvalue weighted by atomic mass is 10.0. The van der Waals surface area contributed by atoms with Crippen LogP contribution in [0.1, 0.15) is 34.7 Å². The molecule has 2 heterocycles. The lowest BCUT2D eigenvalue weighted by Crippen LogP contribution is -2.36. The second-order valence-electron chi connectivity index (χ2n) is 6.15. The fourth-order valence-electron chi connectivity index (χ4n) is 3.08. The van der Waals surface area contributed by atoms with Crippen molar-refractivity contribution in [2.24, 2.45) is 0 Å². The minimum absolute atomic E-state index is 0.0717. The van der Waals surface area contributed by atoms with Crippen LogP contribution in [0, 0.1) is 6.92 Å². The van der Waals surface area contributed by atoms with E-state index in [4.69, 9.17) is 4.74 Å². The molecule has 0 bridgehead atoms. The Balaban J connectivity index is 1.79. The van der Waals surface area contributed by atoms with Crippen molar-refractivity contribution in [3.8, 4) is 0 Å². The molecule has 0 spiro atoms. The number of nitrogens with one attached hydrogen (secondary N) is 1. The van der Waals surface area contributed by atoms with E-state index < -0.39 is 0 Å². The normalized spacial score (nSPS) is 13.4. The number of methoxy groups -OCH3 is 1. The minimum Gasteiger partial charge on any atom is -0.385 e. The fraction of sp³-hybridized carbons (Fsp3) is 0.421. The number of carbonyl (C=O) groups is 1. The van der Waals surface area contributed by atoms with Crippen LogP contribution in [0.3, 0.4) is 0 Å². The Morgan fingerprint density at radius 1 is 1.32 bits per heavy atom. The Hall–Kier alpha value is -2.47. The predicted molar refractivity (Wildman–Crippen MR) is 98.2 cm³/mol. The van der Waals surface area contributed by atoms with Crippen LogP contribution in [-0.2, 0) is 11.2 Å².